The standard InChI is InChI=1S/C29H39N7O4S/c1-39-24-12-10-22(11-13-24)28-31-33-36(32-28)21-26(37)35(15-6-14-34-16-18-40-19-17-34)27(25-9-5-20-41-25)29(38)30-23-7-3-2-4-8-23/h5,9-13,20,23,27H,2-4,6-8,14-19,21H2,1H3,(H,30,38)/t27-/m1/s1. The summed E-state index contributed by atoms with van der Waals surface area (Å²) in [7, 11) is 1.61. The summed E-state index contributed by atoms with van der Waals surface area (Å²) >= 11 is 1.50. The van der Waals surface area contributed by atoms with E-state index < -0.39 is 6.04 Å². The number of rotatable bonds is 12. The van der Waals surface area contributed by atoms with Crippen molar-refractivity contribution in [1.29, 1.82) is 0 Å². The smallest absolute Gasteiger partial charge is 0.248 e. The zero-order valence-electron chi connectivity index (χ0n) is 23.6. The van der Waals surface area contributed by atoms with E-state index in [9.17, 15) is 9.59 Å². The van der Waals surface area contributed by atoms with Crippen LogP contribution in [0.25, 0.3) is 11.4 Å². The first kappa shape index (κ1) is 29.2. The van der Waals surface area contributed by atoms with Crippen LogP contribution >= 0.6 is 11.3 Å². The van der Waals surface area contributed by atoms with Crippen LogP contribution in [0, 0.1) is 0 Å². The van der Waals surface area contributed by atoms with Crippen LogP contribution in [-0.2, 0) is 20.9 Å². The number of thiophene rings is 1. The maximum absolute atomic E-state index is 13.9. The average molecular weight is 582 g/mol. The molecule has 1 aliphatic heterocycles. The molecule has 1 atom stereocenters. The van der Waals surface area contributed by atoms with Crippen LogP contribution in [0.2, 0.25) is 0 Å². The maximum Gasteiger partial charge on any atom is 0.248 e. The first-order valence-electron chi connectivity index (χ1n) is 14.5. The Labute approximate surface area is 244 Å². The highest BCUT2D eigenvalue weighted by Gasteiger charge is 2.34. The molecule has 1 saturated carbocycles. The zero-order valence-corrected chi connectivity index (χ0v) is 24.4. The molecule has 0 bridgehead atoms. The van der Waals surface area contributed by atoms with E-state index in [2.05, 4.69) is 25.6 Å². The van der Waals surface area contributed by atoms with Crippen molar-refractivity contribution in [3.8, 4) is 17.1 Å². The molecule has 11 nitrogen and oxygen atoms in total. The van der Waals surface area contributed by atoms with Crippen molar-refractivity contribution < 1.29 is 19.1 Å². The van der Waals surface area contributed by atoms with Gasteiger partial charge in [-0.3, -0.25) is 14.5 Å². The summed E-state index contributed by atoms with van der Waals surface area (Å²) < 4.78 is 10.7. The number of hydrogen-bond acceptors (Lipinski definition) is 9. The van der Waals surface area contributed by atoms with Crippen LogP contribution in [0.4, 0.5) is 0 Å². The fourth-order valence-corrected chi connectivity index (χ4v) is 6.30. The quantitative estimate of drug-likeness (QED) is 0.347. The Morgan fingerprint density at radius 2 is 1.93 bits per heavy atom. The van der Waals surface area contributed by atoms with Crippen LogP contribution in [0.3, 0.4) is 0 Å². The van der Waals surface area contributed by atoms with Gasteiger partial charge in [0, 0.05) is 42.7 Å². The van der Waals surface area contributed by atoms with Gasteiger partial charge in [-0.1, -0.05) is 25.3 Å². The lowest BCUT2D eigenvalue weighted by Gasteiger charge is -2.33. The Bertz CT molecular complexity index is 1240. The van der Waals surface area contributed by atoms with Crippen LogP contribution < -0.4 is 10.1 Å². The molecule has 0 unspecified atom stereocenters. The van der Waals surface area contributed by atoms with E-state index in [1.807, 2.05) is 41.8 Å². The van der Waals surface area contributed by atoms with E-state index in [4.69, 9.17) is 9.47 Å². The van der Waals surface area contributed by atoms with Gasteiger partial charge in [0.25, 0.3) is 0 Å². The van der Waals surface area contributed by atoms with Gasteiger partial charge in [0.05, 0.1) is 20.3 Å². The van der Waals surface area contributed by atoms with Gasteiger partial charge in [0.2, 0.25) is 17.6 Å². The minimum Gasteiger partial charge on any atom is -0.497 e. The van der Waals surface area contributed by atoms with E-state index in [1.54, 1.807) is 12.0 Å². The largest absolute Gasteiger partial charge is 0.497 e. The predicted molar refractivity (Wildman–Crippen MR) is 155 cm³/mol. The monoisotopic (exact) mass is 581 g/mol. The van der Waals surface area contributed by atoms with Crippen molar-refractivity contribution in [3.63, 3.8) is 0 Å². The predicted octanol–water partition coefficient (Wildman–Crippen LogP) is 3.15. The summed E-state index contributed by atoms with van der Waals surface area (Å²) in [5, 5.41) is 18.0. The SMILES string of the molecule is COc1ccc(-c2nnn(CC(=O)N(CCCN3CCOCC3)[C@@H](C(=O)NC3CCCCC3)c3cccs3)n2)cc1. The number of nitrogens with one attached hydrogen (secondary N) is 1. The molecule has 2 amide bonds. The summed E-state index contributed by atoms with van der Waals surface area (Å²) in [6, 6.07) is 10.7. The van der Waals surface area contributed by atoms with Crippen molar-refractivity contribution in [2.75, 3.05) is 46.5 Å². The van der Waals surface area contributed by atoms with Crippen molar-refractivity contribution in [2.24, 2.45) is 0 Å². The van der Waals surface area contributed by atoms with E-state index in [-0.39, 0.29) is 24.4 Å². The first-order chi connectivity index (χ1) is 20.1. The van der Waals surface area contributed by atoms with Crippen LogP contribution in [0.15, 0.2) is 41.8 Å². The molecule has 3 heterocycles. The summed E-state index contributed by atoms with van der Waals surface area (Å²) in [6.45, 7) is 4.36. The molecule has 5 rings (SSSR count). The highest BCUT2D eigenvalue weighted by atomic mass is 32.1. The second kappa shape index (κ2) is 14.5. The number of ether oxygens (including phenoxy) is 2. The van der Waals surface area contributed by atoms with Crippen LogP contribution in [-0.4, -0.2) is 94.4 Å². The molecule has 1 saturated heterocycles. The van der Waals surface area contributed by atoms with Crippen LogP contribution in [0.5, 0.6) is 5.75 Å². The van der Waals surface area contributed by atoms with E-state index in [0.29, 0.717) is 12.4 Å². The third kappa shape index (κ3) is 7.90. The van der Waals surface area contributed by atoms with Crippen molar-refractivity contribution in [3.05, 3.63) is 46.7 Å². The molecule has 0 radical (unpaired) electrons. The first-order valence-corrected chi connectivity index (χ1v) is 15.3. The lowest BCUT2D eigenvalue weighted by Crippen LogP contribution is -2.48. The van der Waals surface area contributed by atoms with Gasteiger partial charge in [0.15, 0.2) is 0 Å². The lowest BCUT2D eigenvalue weighted by molar-refractivity contribution is -0.142. The molecule has 2 fully saturated rings. The summed E-state index contributed by atoms with van der Waals surface area (Å²) in [5.41, 5.74) is 0.773. The topological polar surface area (TPSA) is 115 Å². The molecule has 220 valence electrons. The van der Waals surface area contributed by atoms with Gasteiger partial charge in [-0.15, -0.1) is 21.5 Å². The number of benzene rings is 1. The number of nitrogens with zero attached hydrogens (tertiary/aromatic N) is 6. The van der Waals surface area contributed by atoms with Gasteiger partial charge >= 0.3 is 0 Å². The lowest BCUT2D eigenvalue weighted by atomic mass is 9.95. The molecule has 2 aromatic heterocycles. The van der Waals surface area contributed by atoms with E-state index >= 15 is 0 Å². The Morgan fingerprint density at radius 3 is 2.63 bits per heavy atom. The maximum atomic E-state index is 13.9. The fraction of sp³-hybridized carbons (Fsp3) is 0.552. The third-order valence-corrected chi connectivity index (χ3v) is 8.62. The normalized spacial score (nSPS) is 17.2. The van der Waals surface area contributed by atoms with Gasteiger partial charge in [-0.2, -0.15) is 4.80 Å². The molecule has 1 aromatic carbocycles. The molecule has 12 heteroatoms. The number of aromatic nitrogens is 4. The number of carbonyl (C=O) groups excluding carboxylic acids is 2. The minimum atomic E-state index is -0.710. The third-order valence-electron chi connectivity index (χ3n) is 7.70. The second-order valence-corrected chi connectivity index (χ2v) is 11.5. The van der Waals surface area contributed by atoms with Crippen LogP contribution in [0.1, 0.15) is 49.4 Å². The highest BCUT2D eigenvalue weighted by Crippen LogP contribution is 2.28. The zero-order chi connectivity index (χ0) is 28.4. The number of carbonyl (C=O) groups is 2. The molecule has 0 spiro atoms. The Kier molecular flexibility index (Phi) is 10.3. The number of methoxy groups -OCH3 is 1. The Hall–Kier alpha value is -3.35. The van der Waals surface area contributed by atoms with Gasteiger partial charge in [0.1, 0.15) is 18.3 Å². The average Bonchev–Trinajstić information content (AvgIpc) is 3.71. The van der Waals surface area contributed by atoms with Crippen molar-refractivity contribution in [1.82, 2.24) is 35.3 Å². The van der Waals surface area contributed by atoms with Gasteiger partial charge < -0.3 is 19.7 Å². The molecule has 3 aromatic rings. The van der Waals surface area contributed by atoms with Gasteiger partial charge in [-0.25, -0.2) is 0 Å². The fourth-order valence-electron chi connectivity index (χ4n) is 5.46. The summed E-state index contributed by atoms with van der Waals surface area (Å²) in [4.78, 5) is 34.0. The van der Waals surface area contributed by atoms with Gasteiger partial charge in [-0.05, 0) is 60.2 Å². The van der Waals surface area contributed by atoms with E-state index in [1.165, 1.54) is 22.6 Å². The molecule has 2 aliphatic rings. The second-order valence-electron chi connectivity index (χ2n) is 10.5. The minimum absolute atomic E-state index is 0.112. The number of tetrazole rings is 1. The van der Waals surface area contributed by atoms with Crippen molar-refractivity contribution >= 4 is 23.2 Å². The molecular formula is C29H39N7O4S. The number of hydrogen-bond donors (Lipinski definition) is 1. The summed E-state index contributed by atoms with van der Waals surface area (Å²) in [6.07, 6.45) is 6.13. The Balaban J connectivity index is 1.34. The molecule has 1 N–H and O–H groups in total. The van der Waals surface area contributed by atoms with Crippen molar-refractivity contribution in [2.45, 2.75) is 57.2 Å². The summed E-state index contributed by atoms with van der Waals surface area (Å²) in [5.74, 6) is 0.812. The van der Waals surface area contributed by atoms with E-state index in [0.717, 1.165) is 81.1 Å². The number of morpholine rings is 1. The molecule has 41 heavy (non-hydrogen) atoms. The Morgan fingerprint density at radius 1 is 1.15 bits per heavy atom. The molecular weight excluding hydrogens is 542 g/mol. The highest BCUT2D eigenvalue weighted by molar-refractivity contribution is 7.10. The number of amides is 2. The molecule has 1 aliphatic carbocycles.